The maximum atomic E-state index is 11.7. The van der Waals surface area contributed by atoms with E-state index in [1.54, 1.807) is 6.92 Å². The molecule has 1 amide bonds. The molecule has 2 atom stereocenters. The number of nitrogens with zero attached hydrogens (tertiary/aromatic N) is 2. The van der Waals surface area contributed by atoms with Gasteiger partial charge in [0.25, 0.3) is 0 Å². The SMILES string of the molecule is C[C@H](N)C(=O)N1CCC(CN(C)C2CC2)C1. The molecule has 1 saturated carbocycles. The zero-order valence-corrected chi connectivity index (χ0v) is 10.4. The number of nitrogens with two attached hydrogens (primary N) is 1. The van der Waals surface area contributed by atoms with Gasteiger partial charge in [-0.05, 0) is 39.2 Å². The Morgan fingerprint density at radius 3 is 2.75 bits per heavy atom. The molecule has 0 aromatic carbocycles. The molecule has 1 saturated heterocycles. The monoisotopic (exact) mass is 225 g/mol. The van der Waals surface area contributed by atoms with Gasteiger partial charge in [0, 0.05) is 25.7 Å². The highest BCUT2D eigenvalue weighted by atomic mass is 16.2. The quantitative estimate of drug-likeness (QED) is 0.747. The fourth-order valence-corrected chi connectivity index (χ4v) is 2.54. The molecule has 1 aliphatic carbocycles. The molecule has 0 spiro atoms. The van der Waals surface area contributed by atoms with Crippen molar-refractivity contribution in [3.8, 4) is 0 Å². The van der Waals surface area contributed by atoms with Crippen LogP contribution in [0.25, 0.3) is 0 Å². The molecule has 4 nitrogen and oxygen atoms in total. The van der Waals surface area contributed by atoms with Crippen molar-refractivity contribution < 1.29 is 4.79 Å². The first-order valence-electron chi connectivity index (χ1n) is 6.32. The largest absolute Gasteiger partial charge is 0.341 e. The van der Waals surface area contributed by atoms with Crippen LogP contribution >= 0.6 is 0 Å². The van der Waals surface area contributed by atoms with Crippen molar-refractivity contribution >= 4 is 5.91 Å². The Morgan fingerprint density at radius 2 is 2.19 bits per heavy atom. The second-order valence-corrected chi connectivity index (χ2v) is 5.40. The maximum absolute atomic E-state index is 11.7. The van der Waals surface area contributed by atoms with Crippen LogP contribution in [0.2, 0.25) is 0 Å². The lowest BCUT2D eigenvalue weighted by Crippen LogP contribution is -2.41. The number of carbonyl (C=O) groups excluding carboxylic acids is 1. The summed E-state index contributed by atoms with van der Waals surface area (Å²) in [5.74, 6) is 0.755. The van der Waals surface area contributed by atoms with E-state index in [2.05, 4.69) is 11.9 Å². The summed E-state index contributed by atoms with van der Waals surface area (Å²) >= 11 is 0. The highest BCUT2D eigenvalue weighted by Crippen LogP contribution is 2.27. The van der Waals surface area contributed by atoms with Crippen molar-refractivity contribution in [1.29, 1.82) is 0 Å². The topological polar surface area (TPSA) is 49.6 Å². The minimum absolute atomic E-state index is 0.108. The first-order chi connectivity index (χ1) is 7.58. The van der Waals surface area contributed by atoms with Crippen LogP contribution in [0.3, 0.4) is 0 Å². The number of amides is 1. The van der Waals surface area contributed by atoms with E-state index >= 15 is 0 Å². The Hall–Kier alpha value is -0.610. The molecule has 4 heteroatoms. The molecule has 1 unspecified atom stereocenters. The summed E-state index contributed by atoms with van der Waals surface area (Å²) < 4.78 is 0. The Morgan fingerprint density at radius 1 is 1.50 bits per heavy atom. The highest BCUT2D eigenvalue weighted by Gasteiger charge is 2.32. The van der Waals surface area contributed by atoms with Crippen molar-refractivity contribution in [3.05, 3.63) is 0 Å². The Labute approximate surface area is 97.8 Å². The molecule has 1 heterocycles. The number of likely N-dealkylation sites (tertiary alicyclic amines) is 1. The number of rotatable bonds is 4. The summed E-state index contributed by atoms with van der Waals surface area (Å²) in [5, 5.41) is 0. The normalized spacial score (nSPS) is 27.5. The van der Waals surface area contributed by atoms with Gasteiger partial charge < -0.3 is 15.5 Å². The third-order valence-corrected chi connectivity index (χ3v) is 3.70. The van der Waals surface area contributed by atoms with Crippen LogP contribution in [-0.2, 0) is 4.79 Å². The summed E-state index contributed by atoms with van der Waals surface area (Å²) in [5.41, 5.74) is 5.62. The lowest BCUT2D eigenvalue weighted by atomic mass is 10.1. The second kappa shape index (κ2) is 4.72. The van der Waals surface area contributed by atoms with Crippen LogP contribution in [-0.4, -0.2) is 54.5 Å². The zero-order chi connectivity index (χ0) is 11.7. The smallest absolute Gasteiger partial charge is 0.239 e. The van der Waals surface area contributed by atoms with E-state index in [9.17, 15) is 4.79 Å². The zero-order valence-electron chi connectivity index (χ0n) is 10.4. The molecule has 2 fully saturated rings. The predicted octanol–water partition coefficient (Wildman–Crippen LogP) is 0.276. The molecule has 0 aromatic rings. The molecule has 16 heavy (non-hydrogen) atoms. The van der Waals surface area contributed by atoms with E-state index in [1.807, 2.05) is 4.90 Å². The fraction of sp³-hybridized carbons (Fsp3) is 0.917. The molecule has 0 bridgehead atoms. The van der Waals surface area contributed by atoms with Gasteiger partial charge in [0.05, 0.1) is 6.04 Å². The molecular formula is C12H23N3O. The third kappa shape index (κ3) is 2.74. The summed E-state index contributed by atoms with van der Waals surface area (Å²) in [6, 6.07) is 0.470. The molecule has 0 aromatic heterocycles. The fourth-order valence-electron chi connectivity index (χ4n) is 2.54. The molecule has 2 N–H and O–H groups in total. The van der Waals surface area contributed by atoms with E-state index < -0.39 is 0 Å². The number of carbonyl (C=O) groups is 1. The lowest BCUT2D eigenvalue weighted by molar-refractivity contribution is -0.131. The molecule has 2 aliphatic rings. The average molecular weight is 225 g/mol. The molecular weight excluding hydrogens is 202 g/mol. The molecule has 2 rings (SSSR count). The van der Waals surface area contributed by atoms with Crippen LogP contribution in [0.1, 0.15) is 26.2 Å². The number of hydrogen-bond acceptors (Lipinski definition) is 3. The Kier molecular flexibility index (Phi) is 3.50. The summed E-state index contributed by atoms with van der Waals surface area (Å²) in [4.78, 5) is 16.1. The van der Waals surface area contributed by atoms with Crippen LogP contribution in [0.15, 0.2) is 0 Å². The van der Waals surface area contributed by atoms with Gasteiger partial charge in [-0.3, -0.25) is 4.79 Å². The summed E-state index contributed by atoms with van der Waals surface area (Å²) in [6.45, 7) is 4.69. The van der Waals surface area contributed by atoms with E-state index in [1.165, 1.54) is 12.8 Å². The Bertz CT molecular complexity index is 263. The first-order valence-corrected chi connectivity index (χ1v) is 6.32. The van der Waals surface area contributed by atoms with E-state index in [-0.39, 0.29) is 11.9 Å². The molecule has 1 aliphatic heterocycles. The summed E-state index contributed by atoms with van der Waals surface area (Å²) in [6.07, 6.45) is 3.84. The standard InChI is InChI=1S/C12H23N3O/c1-9(13)12(16)15-6-5-10(8-15)7-14(2)11-3-4-11/h9-11H,3-8,13H2,1-2H3/t9-,10?/m0/s1. The Balaban J connectivity index is 1.76. The van der Waals surface area contributed by atoms with Crippen LogP contribution < -0.4 is 5.73 Å². The van der Waals surface area contributed by atoms with Crippen molar-refractivity contribution in [2.45, 2.75) is 38.3 Å². The van der Waals surface area contributed by atoms with Gasteiger partial charge in [-0.1, -0.05) is 0 Å². The second-order valence-electron chi connectivity index (χ2n) is 5.40. The van der Waals surface area contributed by atoms with Crippen molar-refractivity contribution in [2.75, 3.05) is 26.7 Å². The van der Waals surface area contributed by atoms with Gasteiger partial charge in [0.15, 0.2) is 0 Å². The van der Waals surface area contributed by atoms with Gasteiger partial charge >= 0.3 is 0 Å². The lowest BCUT2D eigenvalue weighted by Gasteiger charge is -2.22. The van der Waals surface area contributed by atoms with E-state index in [0.717, 1.165) is 32.1 Å². The van der Waals surface area contributed by atoms with Gasteiger partial charge in [-0.15, -0.1) is 0 Å². The molecule has 0 radical (unpaired) electrons. The van der Waals surface area contributed by atoms with Crippen LogP contribution in [0.5, 0.6) is 0 Å². The first kappa shape index (κ1) is 11.9. The third-order valence-electron chi connectivity index (χ3n) is 3.70. The average Bonchev–Trinajstić information content (AvgIpc) is 2.99. The van der Waals surface area contributed by atoms with Crippen molar-refractivity contribution in [1.82, 2.24) is 9.80 Å². The summed E-state index contributed by atoms with van der Waals surface area (Å²) in [7, 11) is 2.20. The van der Waals surface area contributed by atoms with Crippen LogP contribution in [0.4, 0.5) is 0 Å². The molecule has 92 valence electrons. The van der Waals surface area contributed by atoms with Crippen LogP contribution in [0, 0.1) is 5.92 Å². The van der Waals surface area contributed by atoms with E-state index in [0.29, 0.717) is 5.92 Å². The minimum atomic E-state index is -0.347. The maximum Gasteiger partial charge on any atom is 0.239 e. The van der Waals surface area contributed by atoms with Gasteiger partial charge in [0.2, 0.25) is 5.91 Å². The van der Waals surface area contributed by atoms with Gasteiger partial charge in [-0.25, -0.2) is 0 Å². The predicted molar refractivity (Wildman–Crippen MR) is 64.0 cm³/mol. The van der Waals surface area contributed by atoms with E-state index in [4.69, 9.17) is 5.73 Å². The van der Waals surface area contributed by atoms with Crippen molar-refractivity contribution in [3.63, 3.8) is 0 Å². The van der Waals surface area contributed by atoms with Gasteiger partial charge in [-0.2, -0.15) is 0 Å². The number of hydrogen-bond donors (Lipinski definition) is 1. The van der Waals surface area contributed by atoms with Gasteiger partial charge in [0.1, 0.15) is 0 Å². The van der Waals surface area contributed by atoms with Crippen molar-refractivity contribution in [2.24, 2.45) is 11.7 Å². The minimum Gasteiger partial charge on any atom is -0.341 e. The highest BCUT2D eigenvalue weighted by molar-refractivity contribution is 5.81.